The topological polar surface area (TPSA) is 23.6 Å². The second-order valence-corrected chi connectivity index (χ2v) is 9.76. The monoisotopic (exact) mass is 416 g/mol. The number of piperidine rings is 1. The number of likely N-dealkylation sites (tertiary alicyclic amines) is 1. The fourth-order valence-electron chi connectivity index (χ4n) is 5.16. The van der Waals surface area contributed by atoms with Crippen molar-refractivity contribution in [2.24, 2.45) is 5.41 Å². The summed E-state index contributed by atoms with van der Waals surface area (Å²) in [5.74, 6) is 0.151. The first kappa shape index (κ1) is 19.5. The fraction of sp³-hybridized carbons (Fsp3) is 0.346. The van der Waals surface area contributed by atoms with Crippen molar-refractivity contribution in [3.63, 3.8) is 0 Å². The van der Waals surface area contributed by atoms with E-state index in [9.17, 15) is 4.79 Å². The lowest BCUT2D eigenvalue weighted by atomic mass is 9.60. The maximum atomic E-state index is 13.3. The molecule has 0 unspecified atom stereocenters. The van der Waals surface area contributed by atoms with Gasteiger partial charge in [-0.3, -0.25) is 9.69 Å². The van der Waals surface area contributed by atoms with Crippen molar-refractivity contribution in [1.82, 2.24) is 4.90 Å². The van der Waals surface area contributed by atoms with Crippen LogP contribution in [0.5, 0.6) is 0 Å². The van der Waals surface area contributed by atoms with Gasteiger partial charge >= 0.3 is 0 Å². The molecule has 2 heterocycles. The first-order valence-electron chi connectivity index (χ1n) is 10.9. The molecule has 1 amide bonds. The van der Waals surface area contributed by atoms with Gasteiger partial charge in [0.2, 0.25) is 0 Å². The highest BCUT2D eigenvalue weighted by molar-refractivity contribution is 7.12. The number of carbonyl (C=O) groups excluding carboxylic acids is 1. The van der Waals surface area contributed by atoms with Crippen molar-refractivity contribution in [2.45, 2.75) is 38.3 Å². The number of thiophene rings is 1. The molecule has 1 aliphatic carbocycles. The van der Waals surface area contributed by atoms with Crippen LogP contribution in [0.25, 0.3) is 0 Å². The van der Waals surface area contributed by atoms with E-state index in [1.54, 1.807) is 0 Å². The van der Waals surface area contributed by atoms with Gasteiger partial charge in [0.05, 0.1) is 4.88 Å². The van der Waals surface area contributed by atoms with Crippen LogP contribution in [0.15, 0.2) is 78.2 Å². The number of para-hydroxylation sites is 1. The Morgan fingerprint density at radius 3 is 2.23 bits per heavy atom. The van der Waals surface area contributed by atoms with Crippen LogP contribution in [0.1, 0.15) is 40.9 Å². The van der Waals surface area contributed by atoms with Crippen LogP contribution in [0.2, 0.25) is 0 Å². The maximum Gasteiger partial charge on any atom is 0.268 e. The Morgan fingerprint density at radius 2 is 1.60 bits per heavy atom. The standard InChI is InChI=1S/C26H28N2OS/c29-25(24-12-7-17-30-24)28(22-10-5-2-6-11-22)23-18-26(19-23)13-15-27(16-14-26)20-21-8-3-1-4-9-21/h1-12,17,23H,13-16,18-20H2. The summed E-state index contributed by atoms with van der Waals surface area (Å²) in [5.41, 5.74) is 2.84. The average molecular weight is 417 g/mol. The van der Waals surface area contributed by atoms with Crippen LogP contribution in [-0.4, -0.2) is 29.9 Å². The normalized spacial score (nSPS) is 18.8. The summed E-state index contributed by atoms with van der Waals surface area (Å²) in [7, 11) is 0. The van der Waals surface area contributed by atoms with Crippen LogP contribution >= 0.6 is 11.3 Å². The van der Waals surface area contributed by atoms with Gasteiger partial charge in [-0.2, -0.15) is 0 Å². The number of nitrogens with zero attached hydrogens (tertiary/aromatic N) is 2. The molecule has 1 saturated carbocycles. The second-order valence-electron chi connectivity index (χ2n) is 8.81. The minimum atomic E-state index is 0.151. The number of rotatable bonds is 5. The molecule has 2 aromatic carbocycles. The molecule has 0 radical (unpaired) electrons. The van der Waals surface area contributed by atoms with Crippen molar-refractivity contribution in [3.8, 4) is 0 Å². The lowest BCUT2D eigenvalue weighted by Gasteiger charge is -2.55. The van der Waals surface area contributed by atoms with Gasteiger partial charge in [-0.25, -0.2) is 0 Å². The predicted octanol–water partition coefficient (Wildman–Crippen LogP) is 5.84. The zero-order chi connectivity index (χ0) is 20.4. The van der Waals surface area contributed by atoms with Crippen molar-refractivity contribution in [1.29, 1.82) is 0 Å². The number of anilines is 1. The summed E-state index contributed by atoms with van der Waals surface area (Å²) in [4.78, 5) is 18.8. The van der Waals surface area contributed by atoms with Crippen LogP contribution in [0.3, 0.4) is 0 Å². The van der Waals surface area contributed by atoms with Gasteiger partial charge in [0.25, 0.3) is 5.91 Å². The van der Waals surface area contributed by atoms with Gasteiger partial charge in [-0.05, 0) is 73.3 Å². The van der Waals surface area contributed by atoms with E-state index in [4.69, 9.17) is 0 Å². The van der Waals surface area contributed by atoms with Crippen LogP contribution in [-0.2, 0) is 6.54 Å². The quantitative estimate of drug-likeness (QED) is 0.522. The summed E-state index contributed by atoms with van der Waals surface area (Å²) in [6.07, 6.45) is 4.73. The van der Waals surface area contributed by atoms with Gasteiger partial charge in [0.15, 0.2) is 0 Å². The molecule has 4 heteroatoms. The highest BCUT2D eigenvalue weighted by Gasteiger charge is 2.49. The molecule has 1 saturated heterocycles. The van der Waals surface area contributed by atoms with E-state index >= 15 is 0 Å². The highest BCUT2D eigenvalue weighted by atomic mass is 32.1. The molecule has 3 nitrogen and oxygen atoms in total. The molecule has 2 fully saturated rings. The lowest BCUT2D eigenvalue weighted by molar-refractivity contribution is 0.0129. The first-order valence-corrected chi connectivity index (χ1v) is 11.8. The van der Waals surface area contributed by atoms with E-state index in [0.717, 1.165) is 43.0 Å². The molecule has 30 heavy (non-hydrogen) atoms. The molecule has 154 valence electrons. The number of amides is 1. The van der Waals surface area contributed by atoms with Gasteiger partial charge in [0, 0.05) is 18.3 Å². The molecule has 0 atom stereocenters. The minimum absolute atomic E-state index is 0.151. The summed E-state index contributed by atoms with van der Waals surface area (Å²) < 4.78 is 0. The van der Waals surface area contributed by atoms with Crippen molar-refractivity contribution in [3.05, 3.63) is 88.6 Å². The van der Waals surface area contributed by atoms with Crippen LogP contribution < -0.4 is 4.90 Å². The number of carbonyl (C=O) groups is 1. The fourth-order valence-corrected chi connectivity index (χ4v) is 5.82. The van der Waals surface area contributed by atoms with E-state index in [1.807, 2.05) is 35.7 Å². The predicted molar refractivity (Wildman–Crippen MR) is 124 cm³/mol. The van der Waals surface area contributed by atoms with Crippen molar-refractivity contribution >= 4 is 22.9 Å². The minimum Gasteiger partial charge on any atom is -0.305 e. The van der Waals surface area contributed by atoms with Crippen LogP contribution in [0, 0.1) is 5.41 Å². The molecule has 1 spiro atoms. The van der Waals surface area contributed by atoms with Gasteiger partial charge in [0.1, 0.15) is 0 Å². The van der Waals surface area contributed by atoms with Gasteiger partial charge < -0.3 is 4.90 Å². The molecular formula is C26H28N2OS. The molecular weight excluding hydrogens is 388 g/mol. The van der Waals surface area contributed by atoms with Gasteiger partial charge in [-0.15, -0.1) is 11.3 Å². The van der Waals surface area contributed by atoms with E-state index in [-0.39, 0.29) is 5.91 Å². The molecule has 1 aromatic heterocycles. The average Bonchev–Trinajstić information content (AvgIpc) is 3.30. The first-order chi connectivity index (χ1) is 14.7. The smallest absolute Gasteiger partial charge is 0.268 e. The number of hydrogen-bond acceptors (Lipinski definition) is 3. The Balaban J connectivity index is 1.24. The molecule has 0 bridgehead atoms. The largest absolute Gasteiger partial charge is 0.305 e. The number of benzene rings is 2. The Hall–Kier alpha value is -2.43. The Kier molecular flexibility index (Phi) is 5.45. The summed E-state index contributed by atoms with van der Waals surface area (Å²) in [6.45, 7) is 3.37. The zero-order valence-electron chi connectivity index (χ0n) is 17.2. The third kappa shape index (κ3) is 3.94. The third-order valence-corrected chi connectivity index (χ3v) is 7.71. The SMILES string of the molecule is O=C(c1cccs1)N(c1ccccc1)C1CC2(CCN(Cc3ccccc3)CC2)C1. The van der Waals surface area contributed by atoms with E-state index in [1.165, 1.54) is 29.7 Å². The van der Waals surface area contributed by atoms with E-state index in [0.29, 0.717) is 11.5 Å². The molecule has 2 aliphatic rings. The molecule has 1 aliphatic heterocycles. The van der Waals surface area contributed by atoms with E-state index < -0.39 is 0 Å². The van der Waals surface area contributed by atoms with E-state index in [2.05, 4.69) is 52.3 Å². The third-order valence-electron chi connectivity index (χ3n) is 6.85. The van der Waals surface area contributed by atoms with Gasteiger partial charge in [-0.1, -0.05) is 54.6 Å². The summed E-state index contributed by atoms with van der Waals surface area (Å²) >= 11 is 1.54. The molecule has 0 N–H and O–H groups in total. The number of hydrogen-bond donors (Lipinski definition) is 0. The zero-order valence-corrected chi connectivity index (χ0v) is 18.1. The Morgan fingerprint density at radius 1 is 0.933 bits per heavy atom. The molecule has 5 rings (SSSR count). The highest BCUT2D eigenvalue weighted by Crippen LogP contribution is 2.52. The summed E-state index contributed by atoms with van der Waals surface area (Å²) in [6, 6.07) is 25.2. The Bertz CT molecular complexity index is 955. The van der Waals surface area contributed by atoms with Crippen LogP contribution in [0.4, 0.5) is 5.69 Å². The summed E-state index contributed by atoms with van der Waals surface area (Å²) in [5, 5.41) is 1.99. The molecule has 3 aromatic rings. The Labute approximate surface area is 183 Å². The maximum absolute atomic E-state index is 13.3. The van der Waals surface area contributed by atoms with Crippen molar-refractivity contribution in [2.75, 3.05) is 18.0 Å². The second kappa shape index (κ2) is 8.37. The van der Waals surface area contributed by atoms with Crippen molar-refractivity contribution < 1.29 is 4.79 Å². The lowest BCUT2D eigenvalue weighted by Crippen LogP contribution is -2.56.